The summed E-state index contributed by atoms with van der Waals surface area (Å²) in [6, 6.07) is 21.0. The normalized spacial score (nSPS) is 12.4. The first-order valence-electron chi connectivity index (χ1n) is 14.4. The molecular formula is C33H45N3O5. The number of fused-ring (bicyclic) bond motifs is 1. The van der Waals surface area contributed by atoms with Gasteiger partial charge in [-0.2, -0.15) is 0 Å². The van der Waals surface area contributed by atoms with Gasteiger partial charge in [0.1, 0.15) is 17.4 Å². The second kappa shape index (κ2) is 15.5. The molecule has 0 fully saturated rings. The molecule has 3 N–H and O–H groups in total. The number of amides is 2. The Kier molecular flexibility index (Phi) is 12.1. The minimum atomic E-state index is -0.803. The van der Waals surface area contributed by atoms with Crippen LogP contribution in [0.2, 0.25) is 0 Å². The zero-order valence-electron chi connectivity index (χ0n) is 25.0. The van der Waals surface area contributed by atoms with Crippen molar-refractivity contribution >= 4 is 22.6 Å². The van der Waals surface area contributed by atoms with Crippen molar-refractivity contribution in [2.45, 2.75) is 71.9 Å². The SMILES string of the molecule is CCOC(CN(Cc1cccc2ccccc12)C(=O)[C@H](Cc1ccc(OC(C)(C)C)cc1)NC(=O)CCN)OCC. The molecule has 3 aromatic rings. The smallest absolute Gasteiger partial charge is 0.245 e. The third kappa shape index (κ3) is 10.1. The topological polar surface area (TPSA) is 103 Å². The first kappa shape index (κ1) is 32.1. The van der Waals surface area contributed by atoms with Gasteiger partial charge < -0.3 is 30.2 Å². The van der Waals surface area contributed by atoms with Crippen molar-refractivity contribution in [3.05, 3.63) is 77.9 Å². The van der Waals surface area contributed by atoms with E-state index in [1.165, 1.54) is 0 Å². The molecule has 0 unspecified atom stereocenters. The van der Waals surface area contributed by atoms with Gasteiger partial charge in [0.25, 0.3) is 0 Å². The van der Waals surface area contributed by atoms with Gasteiger partial charge in [-0.3, -0.25) is 9.59 Å². The van der Waals surface area contributed by atoms with Crippen LogP contribution in [-0.2, 0) is 32.0 Å². The van der Waals surface area contributed by atoms with Gasteiger partial charge in [0.15, 0.2) is 6.29 Å². The van der Waals surface area contributed by atoms with Crippen molar-refractivity contribution in [2.75, 3.05) is 26.3 Å². The molecule has 8 nitrogen and oxygen atoms in total. The van der Waals surface area contributed by atoms with Crippen LogP contribution in [-0.4, -0.2) is 61.0 Å². The predicted molar refractivity (Wildman–Crippen MR) is 163 cm³/mol. The summed E-state index contributed by atoms with van der Waals surface area (Å²) >= 11 is 0. The second-order valence-corrected chi connectivity index (χ2v) is 10.9. The molecular weight excluding hydrogens is 518 g/mol. The van der Waals surface area contributed by atoms with E-state index < -0.39 is 12.3 Å². The maximum atomic E-state index is 14.3. The highest BCUT2D eigenvalue weighted by Gasteiger charge is 2.29. The number of ether oxygens (including phenoxy) is 3. The van der Waals surface area contributed by atoms with Crippen LogP contribution in [0.3, 0.4) is 0 Å². The van der Waals surface area contributed by atoms with Crippen molar-refractivity contribution < 1.29 is 23.8 Å². The van der Waals surface area contributed by atoms with Crippen LogP contribution in [0, 0.1) is 0 Å². The van der Waals surface area contributed by atoms with Crippen LogP contribution >= 0.6 is 0 Å². The van der Waals surface area contributed by atoms with Gasteiger partial charge in [-0.05, 0) is 68.7 Å². The van der Waals surface area contributed by atoms with Crippen molar-refractivity contribution in [3.63, 3.8) is 0 Å². The second-order valence-electron chi connectivity index (χ2n) is 10.9. The fourth-order valence-corrected chi connectivity index (χ4v) is 4.67. The summed E-state index contributed by atoms with van der Waals surface area (Å²) in [7, 11) is 0. The highest BCUT2D eigenvalue weighted by atomic mass is 16.7. The summed E-state index contributed by atoms with van der Waals surface area (Å²) in [5, 5.41) is 5.09. The Bertz CT molecular complexity index is 1240. The van der Waals surface area contributed by atoms with E-state index >= 15 is 0 Å². The number of hydrogen-bond donors (Lipinski definition) is 2. The van der Waals surface area contributed by atoms with E-state index in [1.807, 2.05) is 83.1 Å². The molecule has 0 saturated heterocycles. The molecule has 0 saturated carbocycles. The van der Waals surface area contributed by atoms with E-state index in [9.17, 15) is 9.59 Å². The van der Waals surface area contributed by atoms with Crippen molar-refractivity contribution in [3.8, 4) is 5.75 Å². The molecule has 0 spiro atoms. The Morgan fingerprint density at radius 2 is 1.59 bits per heavy atom. The summed E-state index contributed by atoms with van der Waals surface area (Å²) in [5.41, 5.74) is 7.22. The highest BCUT2D eigenvalue weighted by molar-refractivity contribution is 5.89. The van der Waals surface area contributed by atoms with Crippen LogP contribution in [0.4, 0.5) is 0 Å². The zero-order valence-corrected chi connectivity index (χ0v) is 25.0. The summed E-state index contributed by atoms with van der Waals surface area (Å²) < 4.78 is 17.6. The Labute approximate surface area is 244 Å². The molecule has 0 aromatic heterocycles. The van der Waals surface area contributed by atoms with Gasteiger partial charge in [0.2, 0.25) is 11.8 Å². The minimum absolute atomic E-state index is 0.131. The molecule has 0 bridgehead atoms. The van der Waals surface area contributed by atoms with E-state index in [4.69, 9.17) is 19.9 Å². The maximum absolute atomic E-state index is 14.3. The zero-order chi connectivity index (χ0) is 29.8. The van der Waals surface area contributed by atoms with Gasteiger partial charge in [-0.25, -0.2) is 0 Å². The van der Waals surface area contributed by atoms with Crippen LogP contribution in [0.1, 0.15) is 52.2 Å². The molecule has 3 rings (SSSR count). The molecule has 1 atom stereocenters. The van der Waals surface area contributed by atoms with Crippen LogP contribution in [0.15, 0.2) is 66.7 Å². The Hall–Kier alpha value is -3.46. The van der Waals surface area contributed by atoms with Gasteiger partial charge in [-0.1, -0.05) is 54.6 Å². The molecule has 222 valence electrons. The third-order valence-corrected chi connectivity index (χ3v) is 6.42. The summed E-state index contributed by atoms with van der Waals surface area (Å²) in [6.45, 7) is 11.4. The monoisotopic (exact) mass is 563 g/mol. The standard InChI is InChI=1S/C33H45N3O5/c1-6-39-31(40-7-2)23-36(22-26-13-10-12-25-11-8-9-14-28(25)26)32(38)29(35-30(37)19-20-34)21-24-15-17-27(18-16-24)41-33(3,4)5/h8-18,29,31H,6-7,19-23,34H2,1-5H3,(H,35,37)/t29-/m0/s1. The van der Waals surface area contributed by atoms with E-state index in [-0.39, 0.29) is 36.9 Å². The largest absolute Gasteiger partial charge is 0.488 e. The first-order chi connectivity index (χ1) is 19.6. The molecule has 2 amide bonds. The number of carbonyl (C=O) groups is 2. The van der Waals surface area contributed by atoms with Crippen LogP contribution in [0.25, 0.3) is 10.8 Å². The lowest BCUT2D eigenvalue weighted by Gasteiger charge is -2.31. The number of nitrogens with one attached hydrogen (secondary N) is 1. The van der Waals surface area contributed by atoms with Crippen molar-refractivity contribution in [1.29, 1.82) is 0 Å². The Morgan fingerprint density at radius 3 is 2.22 bits per heavy atom. The first-order valence-corrected chi connectivity index (χ1v) is 14.4. The predicted octanol–water partition coefficient (Wildman–Crippen LogP) is 4.82. The lowest BCUT2D eigenvalue weighted by molar-refractivity contribution is -0.161. The number of hydrogen-bond acceptors (Lipinski definition) is 6. The number of nitrogens with two attached hydrogens (primary N) is 1. The molecule has 3 aromatic carbocycles. The van der Waals surface area contributed by atoms with E-state index in [0.717, 1.165) is 27.6 Å². The average Bonchev–Trinajstić information content (AvgIpc) is 2.93. The fraction of sp³-hybridized carbons (Fsp3) is 0.455. The van der Waals surface area contributed by atoms with E-state index in [1.54, 1.807) is 4.90 Å². The fourth-order valence-electron chi connectivity index (χ4n) is 4.67. The quantitative estimate of drug-likeness (QED) is 0.257. The lowest BCUT2D eigenvalue weighted by atomic mass is 10.0. The number of nitrogens with zero attached hydrogens (tertiary/aromatic N) is 1. The lowest BCUT2D eigenvalue weighted by Crippen LogP contribution is -2.51. The molecule has 0 heterocycles. The maximum Gasteiger partial charge on any atom is 0.245 e. The van der Waals surface area contributed by atoms with Gasteiger partial charge >= 0.3 is 0 Å². The number of benzene rings is 3. The summed E-state index contributed by atoms with van der Waals surface area (Å²) in [4.78, 5) is 28.7. The third-order valence-electron chi connectivity index (χ3n) is 6.42. The van der Waals surface area contributed by atoms with E-state index in [2.05, 4.69) is 23.5 Å². The van der Waals surface area contributed by atoms with Gasteiger partial charge in [0, 0.05) is 39.1 Å². The molecule has 0 aliphatic rings. The van der Waals surface area contributed by atoms with Crippen LogP contribution in [0.5, 0.6) is 5.75 Å². The molecule has 8 heteroatoms. The van der Waals surface area contributed by atoms with Crippen molar-refractivity contribution in [1.82, 2.24) is 10.2 Å². The number of carbonyl (C=O) groups excluding carboxylic acids is 2. The molecule has 0 radical (unpaired) electrons. The van der Waals surface area contributed by atoms with E-state index in [0.29, 0.717) is 26.2 Å². The Balaban J connectivity index is 1.94. The summed E-state index contributed by atoms with van der Waals surface area (Å²) in [5.74, 6) is 0.252. The van der Waals surface area contributed by atoms with Gasteiger partial charge in [0.05, 0.1) is 6.54 Å². The average molecular weight is 564 g/mol. The highest BCUT2D eigenvalue weighted by Crippen LogP contribution is 2.22. The van der Waals surface area contributed by atoms with Crippen LogP contribution < -0.4 is 15.8 Å². The van der Waals surface area contributed by atoms with Gasteiger partial charge in [-0.15, -0.1) is 0 Å². The minimum Gasteiger partial charge on any atom is -0.488 e. The molecule has 0 aliphatic heterocycles. The molecule has 0 aliphatic carbocycles. The Morgan fingerprint density at radius 1 is 0.927 bits per heavy atom. The summed E-state index contributed by atoms with van der Waals surface area (Å²) in [6.07, 6.45) is -0.158. The molecule has 41 heavy (non-hydrogen) atoms. The van der Waals surface area contributed by atoms with Crippen molar-refractivity contribution in [2.24, 2.45) is 5.73 Å². The number of rotatable bonds is 15.